The average molecular weight is 519 g/mol. The third-order valence-electron chi connectivity index (χ3n) is 6.95. The maximum absolute atomic E-state index is 12.4. The number of benzene rings is 2. The summed E-state index contributed by atoms with van der Waals surface area (Å²) in [4.78, 5) is 12.4. The topological polar surface area (TPSA) is 155 Å². The molecule has 5 atom stereocenters. The molecule has 5 N–H and O–H groups in total. The number of ether oxygens (including phenoxy) is 4. The number of carbonyl (C=O) groups is 1. The molecule has 10 heteroatoms. The number of Topliss-reactive ketones (excluding diaryl/α,β-unsaturated/α-hetero) is 1. The molecule has 5 unspecified atom stereocenters. The molecule has 0 amide bonds. The van der Waals surface area contributed by atoms with Crippen LogP contribution in [0.4, 0.5) is 0 Å². The van der Waals surface area contributed by atoms with Crippen LogP contribution in [0.15, 0.2) is 24.3 Å². The average Bonchev–Trinajstić information content (AvgIpc) is 2.91. The van der Waals surface area contributed by atoms with Crippen molar-refractivity contribution in [3.05, 3.63) is 35.4 Å². The molecule has 202 valence electrons. The maximum Gasteiger partial charge on any atom is 0.229 e. The van der Waals surface area contributed by atoms with E-state index in [9.17, 15) is 30.3 Å². The molecule has 4 rings (SSSR count). The van der Waals surface area contributed by atoms with Gasteiger partial charge in [0.05, 0.1) is 20.8 Å². The van der Waals surface area contributed by atoms with E-state index < -0.39 is 37.3 Å². The number of aryl methyl sites for hydroxylation is 2. The summed E-state index contributed by atoms with van der Waals surface area (Å²) < 4.78 is 23.0. The quantitative estimate of drug-likeness (QED) is 0.393. The highest BCUT2D eigenvalue weighted by atomic mass is 16.7. The van der Waals surface area contributed by atoms with E-state index in [4.69, 9.17) is 18.9 Å². The summed E-state index contributed by atoms with van der Waals surface area (Å²) in [6, 6.07) is 6.99. The smallest absolute Gasteiger partial charge is 0.229 e. The molecule has 2 aromatic carbocycles. The molecule has 37 heavy (non-hydrogen) atoms. The summed E-state index contributed by atoms with van der Waals surface area (Å²) in [6.07, 6.45) is -4.16. The van der Waals surface area contributed by atoms with Crippen LogP contribution >= 0.6 is 0 Å². The van der Waals surface area contributed by atoms with Crippen LogP contribution in [0.3, 0.4) is 0 Å². The highest BCUT2D eigenvalue weighted by Gasteiger charge is 2.45. The van der Waals surface area contributed by atoms with Gasteiger partial charge in [0.15, 0.2) is 11.5 Å². The molecule has 1 heterocycles. The van der Waals surface area contributed by atoms with Crippen molar-refractivity contribution in [2.45, 2.75) is 69.2 Å². The number of phenolic OH excluding ortho intramolecular Hbond substituents is 1. The lowest BCUT2D eigenvalue weighted by Gasteiger charge is -2.40. The third-order valence-corrected chi connectivity index (χ3v) is 6.95. The van der Waals surface area contributed by atoms with E-state index in [0.29, 0.717) is 55.2 Å². The summed E-state index contributed by atoms with van der Waals surface area (Å²) in [5, 5.41) is 51.2. The molecule has 10 nitrogen and oxygen atoms in total. The molecule has 0 saturated carbocycles. The number of fused-ring (bicyclic) bond motifs is 5. The van der Waals surface area contributed by atoms with Crippen molar-refractivity contribution in [1.29, 1.82) is 0 Å². The molecular weight excluding hydrogens is 484 g/mol. The van der Waals surface area contributed by atoms with Crippen molar-refractivity contribution in [2.24, 2.45) is 0 Å². The molecule has 4 bridgehead atoms. The molecule has 1 fully saturated rings. The number of carbonyl (C=O) groups excluding carboxylic acids is 1. The molecule has 1 aliphatic heterocycles. The van der Waals surface area contributed by atoms with Crippen LogP contribution in [-0.2, 0) is 22.4 Å². The summed E-state index contributed by atoms with van der Waals surface area (Å²) in [5.74, 6) is 0.823. The fraction of sp³-hybridized carbons (Fsp3) is 0.519. The van der Waals surface area contributed by atoms with Crippen LogP contribution in [0.25, 0.3) is 11.1 Å². The number of aromatic hydroxyl groups is 1. The van der Waals surface area contributed by atoms with E-state index in [1.807, 2.05) is 6.07 Å². The van der Waals surface area contributed by atoms with E-state index in [0.717, 1.165) is 5.56 Å². The van der Waals surface area contributed by atoms with Gasteiger partial charge in [-0.15, -0.1) is 0 Å². The number of rotatable bonds is 5. The minimum absolute atomic E-state index is 0.0267. The standard InChI is InChI=1S/C27H34O10/c1-34-25-18-12-15(5-3-4-6-16(29)9-7-14-8-10-19(30)17(18)11-14)24(26(25)35-2)37-27-23(33)22(32)21(31)20(13-28)36-27/h8,10-12,20-23,27-28,30-33H,3-7,9,13H2,1-2H3. The summed E-state index contributed by atoms with van der Waals surface area (Å²) in [6.45, 7) is -0.597. The Balaban J connectivity index is 1.85. The van der Waals surface area contributed by atoms with E-state index in [1.54, 1.807) is 18.2 Å². The third kappa shape index (κ3) is 5.53. The van der Waals surface area contributed by atoms with Gasteiger partial charge in [-0.3, -0.25) is 4.79 Å². The Morgan fingerprint density at radius 3 is 2.30 bits per heavy atom. The van der Waals surface area contributed by atoms with Gasteiger partial charge in [0, 0.05) is 24.0 Å². The van der Waals surface area contributed by atoms with Crippen LogP contribution in [0.2, 0.25) is 0 Å². The van der Waals surface area contributed by atoms with Crippen molar-refractivity contribution in [1.82, 2.24) is 0 Å². The molecule has 2 aliphatic rings. The zero-order chi connectivity index (χ0) is 26.7. The predicted octanol–water partition coefficient (Wildman–Crippen LogP) is 1.48. The van der Waals surface area contributed by atoms with Gasteiger partial charge in [0.1, 0.15) is 35.9 Å². The van der Waals surface area contributed by atoms with Crippen LogP contribution in [0.5, 0.6) is 23.0 Å². The van der Waals surface area contributed by atoms with Gasteiger partial charge >= 0.3 is 0 Å². The highest BCUT2D eigenvalue weighted by Crippen LogP contribution is 2.50. The minimum atomic E-state index is -1.62. The van der Waals surface area contributed by atoms with Crippen LogP contribution in [-0.4, -0.2) is 82.8 Å². The Hall–Kier alpha value is -2.89. The second kappa shape index (κ2) is 11.7. The first kappa shape index (κ1) is 27.2. The van der Waals surface area contributed by atoms with E-state index in [1.165, 1.54) is 14.2 Å². The Labute approximate surface area is 215 Å². The first-order chi connectivity index (χ1) is 17.8. The summed E-state index contributed by atoms with van der Waals surface area (Å²) in [7, 11) is 2.88. The van der Waals surface area contributed by atoms with Crippen molar-refractivity contribution < 1.29 is 49.3 Å². The summed E-state index contributed by atoms with van der Waals surface area (Å²) in [5.41, 5.74) is 2.59. The Kier molecular flexibility index (Phi) is 8.56. The first-order valence-electron chi connectivity index (χ1n) is 12.4. The Morgan fingerprint density at radius 2 is 1.59 bits per heavy atom. The Morgan fingerprint density at radius 1 is 0.865 bits per heavy atom. The number of hydrogen-bond acceptors (Lipinski definition) is 10. The van der Waals surface area contributed by atoms with Gasteiger partial charge in [0.25, 0.3) is 0 Å². The van der Waals surface area contributed by atoms with Crippen LogP contribution in [0, 0.1) is 0 Å². The second-order valence-corrected chi connectivity index (χ2v) is 9.39. The largest absolute Gasteiger partial charge is 0.507 e. The molecule has 1 aliphatic carbocycles. The number of hydrogen-bond donors (Lipinski definition) is 5. The molecule has 2 aromatic rings. The van der Waals surface area contributed by atoms with E-state index in [2.05, 4.69) is 0 Å². The van der Waals surface area contributed by atoms with Gasteiger partial charge in [-0.1, -0.05) is 6.07 Å². The SMILES string of the molecule is COc1c2cc(c(OC3OC(CO)C(O)C(O)C3O)c1OC)CCCCC(=O)CCc1ccc(O)c-2c1. The number of phenols is 1. The first-order valence-corrected chi connectivity index (χ1v) is 12.4. The normalized spacial score (nSPS) is 26.4. The molecule has 0 spiro atoms. The maximum atomic E-state index is 12.4. The van der Waals surface area contributed by atoms with Gasteiger partial charge in [-0.25, -0.2) is 0 Å². The predicted molar refractivity (Wildman–Crippen MR) is 132 cm³/mol. The lowest BCUT2D eigenvalue weighted by molar-refractivity contribution is -0.277. The lowest BCUT2D eigenvalue weighted by Crippen LogP contribution is -2.60. The molecule has 1 saturated heterocycles. The van der Waals surface area contributed by atoms with Crippen LogP contribution < -0.4 is 14.2 Å². The zero-order valence-corrected chi connectivity index (χ0v) is 20.9. The second-order valence-electron chi connectivity index (χ2n) is 9.39. The van der Waals surface area contributed by atoms with Crippen molar-refractivity contribution in [3.8, 4) is 34.1 Å². The minimum Gasteiger partial charge on any atom is -0.507 e. The molecular formula is C27H34O10. The fourth-order valence-electron chi connectivity index (χ4n) is 4.86. The van der Waals surface area contributed by atoms with Gasteiger partial charge in [0.2, 0.25) is 12.0 Å². The fourth-order valence-corrected chi connectivity index (χ4v) is 4.86. The van der Waals surface area contributed by atoms with Crippen molar-refractivity contribution in [2.75, 3.05) is 20.8 Å². The lowest BCUT2D eigenvalue weighted by atomic mass is 9.95. The van der Waals surface area contributed by atoms with Crippen LogP contribution in [0.1, 0.15) is 36.8 Å². The number of aliphatic hydroxyl groups excluding tert-OH is 4. The zero-order valence-electron chi connectivity index (χ0n) is 20.9. The Bertz CT molecular complexity index is 1110. The van der Waals surface area contributed by atoms with Crippen molar-refractivity contribution in [3.63, 3.8) is 0 Å². The summed E-state index contributed by atoms with van der Waals surface area (Å²) >= 11 is 0. The molecule has 0 radical (unpaired) electrons. The van der Waals surface area contributed by atoms with Crippen molar-refractivity contribution >= 4 is 5.78 Å². The number of aliphatic hydroxyl groups is 4. The van der Waals surface area contributed by atoms with Gasteiger partial charge < -0.3 is 44.5 Å². The highest BCUT2D eigenvalue weighted by molar-refractivity contribution is 5.82. The number of methoxy groups -OCH3 is 2. The monoisotopic (exact) mass is 518 g/mol. The van der Waals surface area contributed by atoms with Gasteiger partial charge in [-0.2, -0.15) is 0 Å². The van der Waals surface area contributed by atoms with E-state index >= 15 is 0 Å². The molecule has 0 aromatic heterocycles. The number of ketones is 1. The van der Waals surface area contributed by atoms with Gasteiger partial charge in [-0.05, 0) is 55.0 Å². The van der Waals surface area contributed by atoms with E-state index in [-0.39, 0.29) is 28.8 Å².